The van der Waals surface area contributed by atoms with E-state index in [9.17, 15) is 4.79 Å². The van der Waals surface area contributed by atoms with E-state index >= 15 is 0 Å². The molecule has 1 aromatic heterocycles. The summed E-state index contributed by atoms with van der Waals surface area (Å²) in [6.45, 7) is 0. The summed E-state index contributed by atoms with van der Waals surface area (Å²) in [5.41, 5.74) is 2.27. The first-order valence-electron chi connectivity index (χ1n) is 8.55. The summed E-state index contributed by atoms with van der Waals surface area (Å²) in [5.74, 6) is 1.84. The van der Waals surface area contributed by atoms with Gasteiger partial charge in [0, 0.05) is 23.4 Å². The van der Waals surface area contributed by atoms with Crippen LogP contribution in [0.25, 0.3) is 0 Å². The number of amides is 1. The zero-order chi connectivity index (χ0) is 18.8. The molecule has 1 unspecified atom stereocenters. The van der Waals surface area contributed by atoms with Crippen molar-refractivity contribution in [2.75, 3.05) is 24.4 Å². The lowest BCUT2D eigenvalue weighted by Crippen LogP contribution is -2.33. The van der Waals surface area contributed by atoms with Crippen molar-refractivity contribution in [3.63, 3.8) is 0 Å². The van der Waals surface area contributed by atoms with Crippen molar-refractivity contribution >= 4 is 17.4 Å². The van der Waals surface area contributed by atoms with Crippen LogP contribution < -0.4 is 19.7 Å². The number of carbonyl (C=O) groups excluding carboxylic acids is 1. The Kier molecular flexibility index (Phi) is 4.38. The van der Waals surface area contributed by atoms with Gasteiger partial charge in [-0.05, 0) is 30.3 Å². The maximum atomic E-state index is 13.1. The summed E-state index contributed by atoms with van der Waals surface area (Å²) in [6.07, 6.45) is 1.26. The third kappa shape index (κ3) is 2.95. The fourth-order valence-electron chi connectivity index (χ4n) is 3.27. The Balaban J connectivity index is 1.80. The Morgan fingerprint density at radius 2 is 1.81 bits per heavy atom. The molecule has 1 amide bonds. The van der Waals surface area contributed by atoms with Crippen LogP contribution in [-0.2, 0) is 0 Å². The van der Waals surface area contributed by atoms with Gasteiger partial charge in [0.2, 0.25) is 0 Å². The molecule has 27 heavy (non-hydrogen) atoms. The summed E-state index contributed by atoms with van der Waals surface area (Å²) in [5, 5.41) is 3.43. The molecule has 1 aliphatic heterocycles. The standard InChI is InChI=1S/C21H19N3O3/c1-26-14-10-11-18(27-2)17(13-14)23-20-15-7-3-4-8-16(15)21(25)24(20)19-9-5-6-12-22-19/h3-13,20,23H,1-2H3. The first kappa shape index (κ1) is 16.9. The van der Waals surface area contributed by atoms with Gasteiger partial charge in [0.05, 0.1) is 19.9 Å². The quantitative estimate of drug-likeness (QED) is 0.747. The molecule has 6 nitrogen and oxygen atoms in total. The minimum Gasteiger partial charge on any atom is -0.497 e. The fraction of sp³-hybridized carbons (Fsp3) is 0.143. The van der Waals surface area contributed by atoms with E-state index in [4.69, 9.17) is 9.47 Å². The van der Waals surface area contributed by atoms with Crippen LogP contribution in [0, 0.1) is 0 Å². The smallest absolute Gasteiger partial charge is 0.261 e. The molecule has 3 aromatic rings. The van der Waals surface area contributed by atoms with E-state index in [-0.39, 0.29) is 5.91 Å². The Morgan fingerprint density at radius 3 is 2.56 bits per heavy atom. The number of methoxy groups -OCH3 is 2. The maximum Gasteiger partial charge on any atom is 0.261 e. The normalized spacial score (nSPS) is 15.4. The highest BCUT2D eigenvalue weighted by molar-refractivity contribution is 6.11. The lowest BCUT2D eigenvalue weighted by atomic mass is 10.1. The molecule has 0 aliphatic carbocycles. The first-order valence-corrected chi connectivity index (χ1v) is 8.55. The van der Waals surface area contributed by atoms with Crippen LogP contribution in [0.2, 0.25) is 0 Å². The van der Waals surface area contributed by atoms with Crippen molar-refractivity contribution in [3.05, 3.63) is 78.0 Å². The highest BCUT2D eigenvalue weighted by Gasteiger charge is 2.38. The number of carbonyl (C=O) groups is 1. The van der Waals surface area contributed by atoms with Crippen LogP contribution in [0.4, 0.5) is 11.5 Å². The van der Waals surface area contributed by atoms with Gasteiger partial charge in [-0.1, -0.05) is 24.3 Å². The second-order valence-corrected chi connectivity index (χ2v) is 6.06. The van der Waals surface area contributed by atoms with Crippen molar-refractivity contribution in [1.82, 2.24) is 4.98 Å². The molecular formula is C21H19N3O3. The molecule has 2 aromatic carbocycles. The zero-order valence-corrected chi connectivity index (χ0v) is 15.0. The Bertz CT molecular complexity index is 975. The van der Waals surface area contributed by atoms with Gasteiger partial charge in [0.1, 0.15) is 23.5 Å². The third-order valence-corrected chi connectivity index (χ3v) is 4.56. The van der Waals surface area contributed by atoms with Gasteiger partial charge in [0.25, 0.3) is 5.91 Å². The fourth-order valence-corrected chi connectivity index (χ4v) is 3.27. The van der Waals surface area contributed by atoms with E-state index in [2.05, 4.69) is 10.3 Å². The van der Waals surface area contributed by atoms with E-state index in [1.165, 1.54) is 0 Å². The van der Waals surface area contributed by atoms with Gasteiger partial charge in [-0.3, -0.25) is 9.69 Å². The summed E-state index contributed by atoms with van der Waals surface area (Å²) in [7, 11) is 3.22. The molecule has 0 fully saturated rings. The SMILES string of the molecule is COc1ccc(OC)c(NC2c3ccccc3C(=O)N2c2ccccn2)c1. The van der Waals surface area contributed by atoms with E-state index in [0.717, 1.165) is 11.3 Å². The van der Waals surface area contributed by atoms with Crippen LogP contribution in [0.5, 0.6) is 11.5 Å². The summed E-state index contributed by atoms with van der Waals surface area (Å²) < 4.78 is 10.8. The number of fused-ring (bicyclic) bond motifs is 1. The van der Waals surface area contributed by atoms with Gasteiger partial charge in [-0.15, -0.1) is 0 Å². The molecule has 0 saturated heterocycles. The number of anilines is 2. The van der Waals surface area contributed by atoms with E-state index < -0.39 is 6.17 Å². The Labute approximate surface area is 157 Å². The molecule has 0 radical (unpaired) electrons. The molecule has 4 rings (SSSR count). The van der Waals surface area contributed by atoms with Gasteiger partial charge in [0.15, 0.2) is 0 Å². The van der Waals surface area contributed by atoms with Gasteiger partial charge in [-0.2, -0.15) is 0 Å². The Morgan fingerprint density at radius 1 is 1.00 bits per heavy atom. The van der Waals surface area contributed by atoms with Gasteiger partial charge in [-0.25, -0.2) is 4.98 Å². The van der Waals surface area contributed by atoms with Crippen molar-refractivity contribution < 1.29 is 14.3 Å². The predicted octanol–water partition coefficient (Wildman–Crippen LogP) is 3.87. The van der Waals surface area contributed by atoms with E-state index in [1.54, 1.807) is 25.3 Å². The lowest BCUT2D eigenvalue weighted by Gasteiger charge is -2.27. The molecule has 1 aliphatic rings. The van der Waals surface area contributed by atoms with Crippen LogP contribution in [-0.4, -0.2) is 25.1 Å². The molecular weight excluding hydrogens is 342 g/mol. The van der Waals surface area contributed by atoms with Crippen molar-refractivity contribution in [3.8, 4) is 11.5 Å². The summed E-state index contributed by atoms with van der Waals surface area (Å²) >= 11 is 0. The maximum absolute atomic E-state index is 13.1. The van der Waals surface area contributed by atoms with Gasteiger partial charge >= 0.3 is 0 Å². The average molecular weight is 361 g/mol. The molecule has 0 bridgehead atoms. The molecule has 136 valence electrons. The van der Waals surface area contributed by atoms with Crippen LogP contribution in [0.3, 0.4) is 0 Å². The number of aromatic nitrogens is 1. The van der Waals surface area contributed by atoms with E-state index in [1.807, 2.05) is 60.7 Å². The predicted molar refractivity (Wildman–Crippen MR) is 103 cm³/mol. The van der Waals surface area contributed by atoms with Crippen LogP contribution in [0.1, 0.15) is 22.1 Å². The Hall–Kier alpha value is -3.54. The van der Waals surface area contributed by atoms with E-state index in [0.29, 0.717) is 22.9 Å². The van der Waals surface area contributed by atoms with Crippen LogP contribution in [0.15, 0.2) is 66.9 Å². The number of benzene rings is 2. The second-order valence-electron chi connectivity index (χ2n) is 6.06. The number of hydrogen-bond acceptors (Lipinski definition) is 5. The largest absolute Gasteiger partial charge is 0.497 e. The highest BCUT2D eigenvalue weighted by atomic mass is 16.5. The number of nitrogens with zero attached hydrogens (tertiary/aromatic N) is 2. The molecule has 2 heterocycles. The number of pyridine rings is 1. The highest BCUT2D eigenvalue weighted by Crippen LogP contribution is 2.39. The van der Waals surface area contributed by atoms with Crippen molar-refractivity contribution in [2.45, 2.75) is 6.17 Å². The summed E-state index contributed by atoms with van der Waals surface area (Å²) in [6, 6.07) is 18.6. The molecule has 0 saturated carbocycles. The minimum atomic E-state index is -0.412. The third-order valence-electron chi connectivity index (χ3n) is 4.56. The molecule has 1 atom stereocenters. The van der Waals surface area contributed by atoms with Crippen LogP contribution >= 0.6 is 0 Å². The number of nitrogens with one attached hydrogen (secondary N) is 1. The minimum absolute atomic E-state index is 0.0938. The zero-order valence-electron chi connectivity index (χ0n) is 15.0. The van der Waals surface area contributed by atoms with Gasteiger partial charge < -0.3 is 14.8 Å². The lowest BCUT2D eigenvalue weighted by molar-refractivity contribution is 0.0992. The topological polar surface area (TPSA) is 63.7 Å². The molecule has 1 N–H and O–H groups in total. The second kappa shape index (κ2) is 6.99. The number of ether oxygens (including phenoxy) is 2. The van der Waals surface area contributed by atoms with Crippen molar-refractivity contribution in [2.24, 2.45) is 0 Å². The monoisotopic (exact) mass is 361 g/mol. The first-order chi connectivity index (χ1) is 13.2. The average Bonchev–Trinajstić information content (AvgIpc) is 3.00. The molecule has 6 heteroatoms. The number of hydrogen-bond donors (Lipinski definition) is 1. The summed E-state index contributed by atoms with van der Waals surface area (Å²) in [4.78, 5) is 19.1. The van der Waals surface area contributed by atoms with Crippen molar-refractivity contribution in [1.29, 1.82) is 0 Å². The molecule has 0 spiro atoms. The number of rotatable bonds is 5.